The standard InChI is InChI=1S/C17H21N3O9/c1-8(21)18-13-5-6-20(17(25)19-13)16-15(28-11(4)24)14(27-10(3)23)12(29-16)7-26-9(2)22/h5-6,12,14-16H,7H2,1-4H3,(H,18,19,21,25). The van der Waals surface area contributed by atoms with E-state index in [4.69, 9.17) is 18.9 Å². The Kier molecular flexibility index (Phi) is 7.04. The highest BCUT2D eigenvalue weighted by atomic mass is 16.7. The van der Waals surface area contributed by atoms with E-state index in [1.807, 2.05) is 0 Å². The fraction of sp³-hybridized carbons (Fsp3) is 0.529. The Balaban J connectivity index is 2.40. The molecule has 1 N–H and O–H groups in total. The van der Waals surface area contributed by atoms with Gasteiger partial charge >= 0.3 is 23.6 Å². The van der Waals surface area contributed by atoms with E-state index in [1.54, 1.807) is 0 Å². The van der Waals surface area contributed by atoms with Crippen molar-refractivity contribution in [2.75, 3.05) is 11.9 Å². The predicted octanol–water partition coefficient (Wildman–Crippen LogP) is -0.474. The van der Waals surface area contributed by atoms with Gasteiger partial charge in [0.1, 0.15) is 18.5 Å². The summed E-state index contributed by atoms with van der Waals surface area (Å²) < 4.78 is 22.1. The van der Waals surface area contributed by atoms with Crippen molar-refractivity contribution in [1.82, 2.24) is 9.55 Å². The van der Waals surface area contributed by atoms with Gasteiger partial charge < -0.3 is 24.3 Å². The molecule has 4 unspecified atom stereocenters. The maximum absolute atomic E-state index is 12.4. The van der Waals surface area contributed by atoms with Gasteiger partial charge in [-0.1, -0.05) is 0 Å². The molecule has 0 aromatic carbocycles. The topological polar surface area (TPSA) is 152 Å². The third kappa shape index (κ3) is 5.85. The lowest BCUT2D eigenvalue weighted by molar-refractivity contribution is -0.166. The molecule has 158 valence electrons. The minimum Gasteiger partial charge on any atom is -0.463 e. The summed E-state index contributed by atoms with van der Waals surface area (Å²) in [6.07, 6.45) is -3.28. The van der Waals surface area contributed by atoms with Crippen molar-refractivity contribution in [3.63, 3.8) is 0 Å². The first kappa shape index (κ1) is 22.0. The van der Waals surface area contributed by atoms with E-state index in [0.717, 1.165) is 18.4 Å². The van der Waals surface area contributed by atoms with Crippen LogP contribution < -0.4 is 11.0 Å². The van der Waals surface area contributed by atoms with E-state index in [-0.39, 0.29) is 12.4 Å². The Bertz CT molecular complexity index is 866. The molecule has 4 atom stereocenters. The SMILES string of the molecule is CC(=O)Nc1ccn(C2OC(COC(C)=O)C(OC(C)=O)C2OC(C)=O)c(=O)n1. The Morgan fingerprint density at radius 3 is 2.21 bits per heavy atom. The first-order valence-corrected chi connectivity index (χ1v) is 8.58. The minimum atomic E-state index is -1.21. The predicted molar refractivity (Wildman–Crippen MR) is 94.5 cm³/mol. The molecule has 29 heavy (non-hydrogen) atoms. The molecule has 1 fully saturated rings. The molecule has 0 aliphatic carbocycles. The van der Waals surface area contributed by atoms with Gasteiger partial charge in [-0.15, -0.1) is 0 Å². The zero-order valence-electron chi connectivity index (χ0n) is 16.2. The van der Waals surface area contributed by atoms with Crippen LogP contribution in [0.1, 0.15) is 33.9 Å². The van der Waals surface area contributed by atoms with Crippen molar-refractivity contribution in [2.45, 2.75) is 52.2 Å². The molecule has 1 aliphatic heterocycles. The van der Waals surface area contributed by atoms with Gasteiger partial charge in [-0.05, 0) is 6.07 Å². The van der Waals surface area contributed by atoms with Crippen LogP contribution in [0.25, 0.3) is 0 Å². The number of carbonyl (C=O) groups excluding carboxylic acids is 4. The van der Waals surface area contributed by atoms with Crippen molar-refractivity contribution < 1.29 is 38.1 Å². The monoisotopic (exact) mass is 411 g/mol. The number of nitrogens with one attached hydrogen (secondary N) is 1. The normalized spacial score (nSPS) is 23.2. The lowest BCUT2D eigenvalue weighted by atomic mass is 10.1. The number of carbonyl (C=O) groups is 4. The van der Waals surface area contributed by atoms with Crippen molar-refractivity contribution in [1.29, 1.82) is 0 Å². The molecule has 1 aromatic heterocycles. The number of hydrogen-bond donors (Lipinski definition) is 1. The third-order valence-corrected chi connectivity index (χ3v) is 3.75. The fourth-order valence-corrected chi connectivity index (χ4v) is 2.77. The minimum absolute atomic E-state index is 0.0220. The Labute approximate surface area is 165 Å². The number of esters is 3. The summed E-state index contributed by atoms with van der Waals surface area (Å²) in [6.45, 7) is 4.44. The van der Waals surface area contributed by atoms with Crippen LogP contribution in [0, 0.1) is 0 Å². The maximum atomic E-state index is 12.4. The molecule has 1 saturated heterocycles. The molecular formula is C17H21N3O9. The highest BCUT2D eigenvalue weighted by Gasteiger charge is 2.50. The van der Waals surface area contributed by atoms with Crippen LogP contribution in [0.4, 0.5) is 5.82 Å². The number of amides is 1. The average Bonchev–Trinajstić information content (AvgIpc) is 2.89. The molecule has 0 bridgehead atoms. The van der Waals surface area contributed by atoms with Crippen LogP contribution in [0.2, 0.25) is 0 Å². The Morgan fingerprint density at radius 2 is 1.69 bits per heavy atom. The number of aromatic nitrogens is 2. The number of ether oxygens (including phenoxy) is 4. The van der Waals surface area contributed by atoms with E-state index >= 15 is 0 Å². The van der Waals surface area contributed by atoms with Crippen LogP contribution >= 0.6 is 0 Å². The van der Waals surface area contributed by atoms with Crippen LogP contribution in [0.5, 0.6) is 0 Å². The summed E-state index contributed by atoms with van der Waals surface area (Å²) in [6, 6.07) is 1.34. The smallest absolute Gasteiger partial charge is 0.351 e. The fourth-order valence-electron chi connectivity index (χ4n) is 2.77. The zero-order chi connectivity index (χ0) is 21.7. The zero-order valence-corrected chi connectivity index (χ0v) is 16.2. The third-order valence-electron chi connectivity index (χ3n) is 3.75. The lowest BCUT2D eigenvalue weighted by Gasteiger charge is -2.23. The molecule has 0 radical (unpaired) electrons. The van der Waals surface area contributed by atoms with Crippen molar-refractivity contribution in [3.8, 4) is 0 Å². The first-order chi connectivity index (χ1) is 13.6. The van der Waals surface area contributed by atoms with E-state index in [0.29, 0.717) is 0 Å². The molecule has 0 saturated carbocycles. The number of hydrogen-bond acceptors (Lipinski definition) is 10. The summed E-state index contributed by atoms with van der Waals surface area (Å²) in [5, 5.41) is 2.37. The van der Waals surface area contributed by atoms with Crippen molar-refractivity contribution >= 4 is 29.6 Å². The largest absolute Gasteiger partial charge is 0.463 e. The number of rotatable bonds is 6. The molecule has 12 heteroatoms. The van der Waals surface area contributed by atoms with Crippen LogP contribution in [-0.2, 0) is 38.1 Å². The lowest BCUT2D eigenvalue weighted by Crippen LogP contribution is -2.41. The van der Waals surface area contributed by atoms with Crippen LogP contribution in [0.3, 0.4) is 0 Å². The van der Waals surface area contributed by atoms with Gasteiger partial charge in [-0.25, -0.2) is 4.79 Å². The molecule has 12 nitrogen and oxygen atoms in total. The van der Waals surface area contributed by atoms with E-state index in [2.05, 4.69) is 10.3 Å². The summed E-state index contributed by atoms with van der Waals surface area (Å²) in [7, 11) is 0. The molecule has 2 heterocycles. The number of nitrogens with zero attached hydrogens (tertiary/aromatic N) is 2. The summed E-state index contributed by atoms with van der Waals surface area (Å²) in [4.78, 5) is 61.5. The quantitative estimate of drug-likeness (QED) is 0.480. The second-order valence-electron chi connectivity index (χ2n) is 6.20. The molecule has 1 aliphatic rings. The Morgan fingerprint density at radius 1 is 1.07 bits per heavy atom. The number of anilines is 1. The van der Waals surface area contributed by atoms with Crippen molar-refractivity contribution in [3.05, 3.63) is 22.7 Å². The molecular weight excluding hydrogens is 390 g/mol. The van der Waals surface area contributed by atoms with Gasteiger partial charge in [0.2, 0.25) is 5.91 Å². The molecule has 2 rings (SSSR count). The van der Waals surface area contributed by atoms with E-state index in [9.17, 15) is 24.0 Å². The van der Waals surface area contributed by atoms with Gasteiger partial charge in [0.05, 0.1) is 0 Å². The van der Waals surface area contributed by atoms with Crippen LogP contribution in [-0.4, -0.2) is 58.3 Å². The molecule has 0 spiro atoms. The van der Waals surface area contributed by atoms with Gasteiger partial charge in [0.25, 0.3) is 0 Å². The summed E-state index contributed by atoms with van der Waals surface area (Å²) in [5.41, 5.74) is -0.812. The van der Waals surface area contributed by atoms with Gasteiger partial charge in [-0.3, -0.25) is 23.7 Å². The van der Waals surface area contributed by atoms with Crippen molar-refractivity contribution in [2.24, 2.45) is 0 Å². The van der Waals surface area contributed by atoms with E-state index < -0.39 is 54.0 Å². The second kappa shape index (κ2) is 9.28. The summed E-state index contributed by atoms with van der Waals surface area (Å²) in [5.74, 6) is -2.38. The average molecular weight is 411 g/mol. The van der Waals surface area contributed by atoms with E-state index in [1.165, 1.54) is 26.1 Å². The molecule has 1 amide bonds. The first-order valence-electron chi connectivity index (χ1n) is 8.58. The Hall–Kier alpha value is -3.28. The maximum Gasteiger partial charge on any atom is 0.351 e. The second-order valence-corrected chi connectivity index (χ2v) is 6.20. The molecule has 1 aromatic rings. The van der Waals surface area contributed by atoms with Crippen LogP contribution in [0.15, 0.2) is 17.1 Å². The van der Waals surface area contributed by atoms with Gasteiger partial charge in [0, 0.05) is 33.9 Å². The summed E-state index contributed by atoms with van der Waals surface area (Å²) >= 11 is 0. The van der Waals surface area contributed by atoms with Gasteiger partial charge in [-0.2, -0.15) is 4.98 Å². The highest BCUT2D eigenvalue weighted by Crippen LogP contribution is 2.33. The highest BCUT2D eigenvalue weighted by molar-refractivity contribution is 5.87. The van der Waals surface area contributed by atoms with Gasteiger partial charge in [0.15, 0.2) is 18.4 Å².